The fraction of sp³-hybridized carbons (Fsp3) is 0.583. The normalized spacial score (nSPS) is 20.8. The Bertz CT molecular complexity index is 417. The lowest BCUT2D eigenvalue weighted by Gasteiger charge is -2.18. The van der Waals surface area contributed by atoms with Crippen LogP contribution in [-0.4, -0.2) is 42.3 Å². The van der Waals surface area contributed by atoms with Crippen LogP contribution >= 0.6 is 0 Å². The third kappa shape index (κ3) is 2.59. The maximum atomic E-state index is 11.3. The molecule has 1 aliphatic rings. The Hall–Kier alpha value is -1.69. The topological polar surface area (TPSA) is 84.1 Å². The van der Waals surface area contributed by atoms with Crippen LogP contribution in [0.2, 0.25) is 0 Å². The molecule has 0 spiro atoms. The van der Waals surface area contributed by atoms with Gasteiger partial charge in [0.1, 0.15) is 0 Å². The number of anilines is 1. The Balaban J connectivity index is 2.05. The summed E-state index contributed by atoms with van der Waals surface area (Å²) in [4.78, 5) is 13.5. The number of nitrogens with zero attached hydrogens (tertiary/aromatic N) is 3. The van der Waals surface area contributed by atoms with Crippen molar-refractivity contribution in [1.29, 1.82) is 0 Å². The maximum absolute atomic E-state index is 11.3. The van der Waals surface area contributed by atoms with Crippen molar-refractivity contribution in [2.45, 2.75) is 19.4 Å². The maximum Gasteiger partial charge on any atom is 0.271 e. The number of aromatic nitrogens is 2. The van der Waals surface area contributed by atoms with Crippen molar-refractivity contribution >= 4 is 11.7 Å². The minimum absolute atomic E-state index is 0.202. The molecule has 1 aromatic rings. The number of rotatable bonds is 3. The molecule has 6 nitrogen and oxygen atoms in total. The smallest absolute Gasteiger partial charge is 0.271 e. The zero-order valence-corrected chi connectivity index (χ0v) is 10.8. The quantitative estimate of drug-likeness (QED) is 0.788. The lowest BCUT2D eigenvalue weighted by atomic mass is 10.0. The Morgan fingerprint density at radius 3 is 2.83 bits per heavy atom. The summed E-state index contributed by atoms with van der Waals surface area (Å²) >= 11 is 0. The molecule has 0 radical (unpaired) electrons. The van der Waals surface area contributed by atoms with Gasteiger partial charge in [-0.25, -0.2) is 0 Å². The minimum atomic E-state index is -0.219. The Kier molecular flexibility index (Phi) is 3.76. The van der Waals surface area contributed by atoms with Gasteiger partial charge >= 0.3 is 0 Å². The van der Waals surface area contributed by atoms with E-state index in [0.717, 1.165) is 25.3 Å². The summed E-state index contributed by atoms with van der Waals surface area (Å²) in [5, 5.41) is 10.5. The number of carbonyl (C=O) groups excluding carboxylic acids is 1. The van der Waals surface area contributed by atoms with Crippen molar-refractivity contribution in [1.82, 2.24) is 15.5 Å². The molecule has 1 aliphatic heterocycles. The molecule has 6 heteroatoms. The van der Waals surface area contributed by atoms with E-state index in [2.05, 4.69) is 20.4 Å². The summed E-state index contributed by atoms with van der Waals surface area (Å²) < 4.78 is 0. The van der Waals surface area contributed by atoms with Gasteiger partial charge in [0.05, 0.1) is 0 Å². The Morgan fingerprint density at radius 1 is 1.56 bits per heavy atom. The van der Waals surface area contributed by atoms with E-state index < -0.39 is 0 Å². The number of amides is 1. The first-order valence-electron chi connectivity index (χ1n) is 6.18. The van der Waals surface area contributed by atoms with Gasteiger partial charge in [0.25, 0.3) is 5.91 Å². The van der Waals surface area contributed by atoms with E-state index in [9.17, 15) is 4.79 Å². The lowest BCUT2D eigenvalue weighted by molar-refractivity contribution is 0.0957. The van der Waals surface area contributed by atoms with Gasteiger partial charge in [-0.05, 0) is 31.4 Å². The third-order valence-corrected chi connectivity index (χ3v) is 3.40. The highest BCUT2D eigenvalue weighted by Crippen LogP contribution is 2.23. The molecule has 2 unspecified atom stereocenters. The summed E-state index contributed by atoms with van der Waals surface area (Å²) in [5.41, 5.74) is 6.24. The molecule has 0 aliphatic carbocycles. The molecule has 0 aromatic carbocycles. The van der Waals surface area contributed by atoms with Crippen LogP contribution in [0.25, 0.3) is 0 Å². The average molecular weight is 249 g/mol. The lowest BCUT2D eigenvalue weighted by Crippen LogP contribution is -2.30. The molecule has 98 valence electrons. The highest BCUT2D eigenvalue weighted by Gasteiger charge is 2.26. The summed E-state index contributed by atoms with van der Waals surface area (Å²) in [5.74, 6) is 1.10. The van der Waals surface area contributed by atoms with Crippen molar-refractivity contribution in [3.8, 4) is 0 Å². The molecule has 3 N–H and O–H groups in total. The van der Waals surface area contributed by atoms with Crippen LogP contribution in [0.5, 0.6) is 0 Å². The molecule has 1 amide bonds. The van der Waals surface area contributed by atoms with Gasteiger partial charge in [0.15, 0.2) is 11.5 Å². The average Bonchev–Trinajstić information content (AvgIpc) is 2.88. The van der Waals surface area contributed by atoms with Crippen LogP contribution in [0.3, 0.4) is 0 Å². The predicted molar refractivity (Wildman–Crippen MR) is 69.4 cm³/mol. The number of carbonyl (C=O) groups is 1. The van der Waals surface area contributed by atoms with Crippen LogP contribution in [-0.2, 0) is 0 Å². The molecule has 2 rings (SSSR count). The van der Waals surface area contributed by atoms with E-state index in [1.807, 2.05) is 13.0 Å². The Morgan fingerprint density at radius 2 is 2.33 bits per heavy atom. The van der Waals surface area contributed by atoms with Crippen LogP contribution in [0.4, 0.5) is 5.82 Å². The first-order valence-corrected chi connectivity index (χ1v) is 6.18. The highest BCUT2D eigenvalue weighted by atomic mass is 16.1. The first-order chi connectivity index (χ1) is 8.61. The molecule has 18 heavy (non-hydrogen) atoms. The van der Waals surface area contributed by atoms with E-state index in [4.69, 9.17) is 5.73 Å². The number of hydrogen-bond acceptors (Lipinski definition) is 5. The van der Waals surface area contributed by atoms with E-state index >= 15 is 0 Å². The number of hydrogen-bond donors (Lipinski definition) is 2. The molecule has 2 heterocycles. The van der Waals surface area contributed by atoms with Crippen molar-refractivity contribution in [3.63, 3.8) is 0 Å². The van der Waals surface area contributed by atoms with Crippen LogP contribution in [0.1, 0.15) is 23.8 Å². The van der Waals surface area contributed by atoms with Gasteiger partial charge in [-0.15, -0.1) is 10.2 Å². The van der Waals surface area contributed by atoms with Gasteiger partial charge in [-0.2, -0.15) is 0 Å². The molecule has 0 bridgehead atoms. The van der Waals surface area contributed by atoms with Gasteiger partial charge in [0, 0.05) is 26.2 Å². The van der Waals surface area contributed by atoms with Gasteiger partial charge in [-0.3, -0.25) is 4.79 Å². The fourth-order valence-corrected chi connectivity index (χ4v) is 2.17. The molecular formula is C12H19N5O. The molecule has 1 fully saturated rings. The summed E-state index contributed by atoms with van der Waals surface area (Å²) in [6.45, 7) is 3.89. The zero-order valence-electron chi connectivity index (χ0n) is 10.8. The predicted octanol–water partition coefficient (Wildman–Crippen LogP) is 0.00970. The zero-order chi connectivity index (χ0) is 13.1. The van der Waals surface area contributed by atoms with E-state index in [1.165, 1.54) is 0 Å². The largest absolute Gasteiger partial charge is 0.355 e. The van der Waals surface area contributed by atoms with Crippen molar-refractivity contribution in [2.24, 2.45) is 11.7 Å². The molecule has 2 atom stereocenters. The van der Waals surface area contributed by atoms with Gasteiger partial charge < -0.3 is 16.0 Å². The second-order valence-electron chi connectivity index (χ2n) is 4.71. The second kappa shape index (κ2) is 5.30. The molecule has 0 saturated carbocycles. The van der Waals surface area contributed by atoms with E-state index in [1.54, 1.807) is 13.1 Å². The van der Waals surface area contributed by atoms with E-state index in [0.29, 0.717) is 11.6 Å². The first kappa shape index (κ1) is 12.8. The van der Waals surface area contributed by atoms with Crippen molar-refractivity contribution < 1.29 is 4.79 Å². The molecule has 1 saturated heterocycles. The SMILES string of the molecule is CNC(=O)c1ccc(N2CCC(C(C)N)C2)nn1. The minimum Gasteiger partial charge on any atom is -0.355 e. The molecule has 1 aromatic heterocycles. The van der Waals surface area contributed by atoms with E-state index in [-0.39, 0.29) is 11.9 Å². The second-order valence-corrected chi connectivity index (χ2v) is 4.71. The van der Waals surface area contributed by atoms with Gasteiger partial charge in [0.2, 0.25) is 0 Å². The van der Waals surface area contributed by atoms with Crippen LogP contribution < -0.4 is 16.0 Å². The molecular weight excluding hydrogens is 230 g/mol. The van der Waals surface area contributed by atoms with Crippen molar-refractivity contribution in [3.05, 3.63) is 17.8 Å². The summed E-state index contributed by atoms with van der Waals surface area (Å²) in [7, 11) is 1.58. The van der Waals surface area contributed by atoms with Gasteiger partial charge in [-0.1, -0.05) is 0 Å². The fourth-order valence-electron chi connectivity index (χ4n) is 2.17. The van der Waals surface area contributed by atoms with Crippen LogP contribution in [0.15, 0.2) is 12.1 Å². The van der Waals surface area contributed by atoms with Crippen LogP contribution in [0, 0.1) is 5.92 Å². The number of nitrogens with two attached hydrogens (primary N) is 1. The standard InChI is InChI=1S/C12H19N5O/c1-8(13)9-5-6-17(7-9)11-4-3-10(15-16-11)12(18)14-2/h3-4,8-9H,5-7,13H2,1-2H3,(H,14,18). The number of nitrogens with one attached hydrogen (secondary N) is 1. The monoisotopic (exact) mass is 249 g/mol. The Labute approximate surface area is 107 Å². The third-order valence-electron chi connectivity index (χ3n) is 3.40. The van der Waals surface area contributed by atoms with Crippen molar-refractivity contribution in [2.75, 3.05) is 25.0 Å². The highest BCUT2D eigenvalue weighted by molar-refractivity contribution is 5.91. The summed E-state index contributed by atoms with van der Waals surface area (Å²) in [6.07, 6.45) is 1.08. The summed E-state index contributed by atoms with van der Waals surface area (Å²) in [6, 6.07) is 3.73.